The van der Waals surface area contributed by atoms with E-state index in [2.05, 4.69) is 12.0 Å². The second-order valence-electron chi connectivity index (χ2n) is 4.37. The zero-order valence-corrected chi connectivity index (χ0v) is 12.4. The molecule has 0 bridgehead atoms. The van der Waals surface area contributed by atoms with Crippen molar-refractivity contribution in [3.63, 3.8) is 0 Å². The van der Waals surface area contributed by atoms with Gasteiger partial charge in [0.15, 0.2) is 5.11 Å². The summed E-state index contributed by atoms with van der Waals surface area (Å²) in [6, 6.07) is 6.85. The van der Waals surface area contributed by atoms with E-state index in [0.29, 0.717) is 17.9 Å². The summed E-state index contributed by atoms with van der Waals surface area (Å²) in [4.78, 5) is 12.0. The zero-order valence-electron chi connectivity index (χ0n) is 11.6. The van der Waals surface area contributed by atoms with Gasteiger partial charge in [0, 0.05) is 5.56 Å². The summed E-state index contributed by atoms with van der Waals surface area (Å²) in [5.41, 5.74) is 8.61. The lowest BCUT2D eigenvalue weighted by Gasteiger charge is -2.21. The normalized spacial score (nSPS) is 9.95. The first-order valence-electron chi connectivity index (χ1n) is 6.19. The molecular formula is C14H19N3O2S. The minimum absolute atomic E-state index is 0.0815. The number of ether oxygens (including phenoxy) is 1. The first kappa shape index (κ1) is 16.0. The van der Waals surface area contributed by atoms with E-state index < -0.39 is 0 Å². The molecule has 1 amide bonds. The first-order valence-corrected chi connectivity index (χ1v) is 6.60. The lowest BCUT2D eigenvalue weighted by molar-refractivity contribution is 0.0879. The van der Waals surface area contributed by atoms with Gasteiger partial charge in [0.05, 0.1) is 12.6 Å². The van der Waals surface area contributed by atoms with Gasteiger partial charge in [-0.2, -0.15) is 0 Å². The van der Waals surface area contributed by atoms with Crippen LogP contribution in [0.1, 0.15) is 24.2 Å². The molecule has 0 aliphatic carbocycles. The molecule has 0 atom stereocenters. The molecule has 0 aliphatic rings. The van der Waals surface area contributed by atoms with Crippen molar-refractivity contribution >= 4 is 23.2 Å². The molecule has 0 aliphatic heterocycles. The number of benzene rings is 1. The fourth-order valence-corrected chi connectivity index (χ4v) is 1.58. The van der Waals surface area contributed by atoms with Crippen LogP contribution in [-0.2, 0) is 0 Å². The van der Waals surface area contributed by atoms with E-state index in [0.717, 1.165) is 0 Å². The molecule has 5 nitrogen and oxygen atoms in total. The van der Waals surface area contributed by atoms with Crippen LogP contribution in [0.4, 0.5) is 0 Å². The molecule has 0 unspecified atom stereocenters. The zero-order chi connectivity index (χ0) is 15.1. The van der Waals surface area contributed by atoms with Crippen LogP contribution in [0, 0.1) is 0 Å². The van der Waals surface area contributed by atoms with Gasteiger partial charge in [-0.15, -0.1) is 6.58 Å². The van der Waals surface area contributed by atoms with Gasteiger partial charge >= 0.3 is 0 Å². The molecule has 6 heteroatoms. The highest BCUT2D eigenvalue weighted by Crippen LogP contribution is 2.13. The summed E-state index contributed by atoms with van der Waals surface area (Å²) in [7, 11) is 0. The number of rotatable bonds is 5. The highest BCUT2D eigenvalue weighted by atomic mass is 32.1. The van der Waals surface area contributed by atoms with Gasteiger partial charge in [-0.3, -0.25) is 15.2 Å². The molecule has 0 aromatic heterocycles. The van der Waals surface area contributed by atoms with E-state index >= 15 is 0 Å². The Morgan fingerprint density at radius 2 is 2.10 bits per heavy atom. The number of hydrazine groups is 1. The molecule has 0 fully saturated rings. The van der Waals surface area contributed by atoms with Crippen molar-refractivity contribution in [3.05, 3.63) is 42.5 Å². The summed E-state index contributed by atoms with van der Waals surface area (Å²) >= 11 is 4.84. The maximum absolute atomic E-state index is 12.0. The number of carbonyl (C=O) groups is 1. The Morgan fingerprint density at radius 1 is 1.50 bits per heavy atom. The average Bonchev–Trinajstić information content (AvgIpc) is 2.38. The molecule has 1 aromatic rings. The van der Waals surface area contributed by atoms with Crippen LogP contribution in [0.25, 0.3) is 0 Å². The quantitative estimate of drug-likeness (QED) is 0.493. The van der Waals surface area contributed by atoms with Crippen molar-refractivity contribution in [2.75, 3.05) is 6.54 Å². The van der Waals surface area contributed by atoms with Gasteiger partial charge < -0.3 is 10.5 Å². The molecular weight excluding hydrogens is 274 g/mol. The van der Waals surface area contributed by atoms with E-state index in [1.165, 1.54) is 5.01 Å². The molecule has 0 radical (unpaired) electrons. The summed E-state index contributed by atoms with van der Waals surface area (Å²) < 4.78 is 5.51. The SMILES string of the molecule is C=CCN(NC(=O)c1ccc(OC(C)C)cc1)C(N)=S. The van der Waals surface area contributed by atoms with E-state index in [4.69, 9.17) is 22.7 Å². The minimum atomic E-state index is -0.296. The smallest absolute Gasteiger partial charge is 0.269 e. The van der Waals surface area contributed by atoms with Crippen molar-refractivity contribution in [2.45, 2.75) is 20.0 Å². The predicted octanol–water partition coefficient (Wildman–Crippen LogP) is 1.85. The minimum Gasteiger partial charge on any atom is -0.491 e. The number of nitrogens with two attached hydrogens (primary N) is 1. The van der Waals surface area contributed by atoms with Crippen LogP contribution in [0.2, 0.25) is 0 Å². The maximum atomic E-state index is 12.0. The Bertz CT molecular complexity index is 486. The number of carbonyl (C=O) groups excluding carboxylic acids is 1. The lowest BCUT2D eigenvalue weighted by atomic mass is 10.2. The van der Waals surface area contributed by atoms with Crippen LogP contribution in [0.3, 0.4) is 0 Å². The summed E-state index contributed by atoms with van der Waals surface area (Å²) in [5.74, 6) is 0.421. The third kappa shape index (κ3) is 4.89. The lowest BCUT2D eigenvalue weighted by Crippen LogP contribution is -2.48. The number of hydrogen-bond donors (Lipinski definition) is 2. The van der Waals surface area contributed by atoms with E-state index in [1.54, 1.807) is 30.3 Å². The molecule has 0 saturated carbocycles. The van der Waals surface area contributed by atoms with E-state index in [9.17, 15) is 4.79 Å². The second-order valence-corrected chi connectivity index (χ2v) is 4.79. The van der Waals surface area contributed by atoms with Crippen molar-refractivity contribution in [3.8, 4) is 5.75 Å². The number of nitrogens with zero attached hydrogens (tertiary/aromatic N) is 1. The van der Waals surface area contributed by atoms with Crippen molar-refractivity contribution in [1.29, 1.82) is 0 Å². The highest BCUT2D eigenvalue weighted by molar-refractivity contribution is 7.80. The van der Waals surface area contributed by atoms with Crippen molar-refractivity contribution in [2.24, 2.45) is 5.73 Å². The van der Waals surface area contributed by atoms with Gasteiger partial charge in [0.1, 0.15) is 5.75 Å². The summed E-state index contributed by atoms with van der Waals surface area (Å²) in [6.07, 6.45) is 1.69. The van der Waals surface area contributed by atoms with Crippen LogP contribution in [0.5, 0.6) is 5.75 Å². The molecule has 108 valence electrons. The Balaban J connectivity index is 2.71. The van der Waals surface area contributed by atoms with Gasteiger partial charge in [-0.1, -0.05) is 6.08 Å². The third-order valence-corrected chi connectivity index (χ3v) is 2.52. The molecule has 0 spiro atoms. The summed E-state index contributed by atoms with van der Waals surface area (Å²) in [5, 5.41) is 1.43. The summed E-state index contributed by atoms with van der Waals surface area (Å²) in [6.45, 7) is 7.80. The standard InChI is InChI=1S/C14H19N3O2S/c1-4-9-17(14(15)20)16-13(18)11-5-7-12(8-6-11)19-10(2)3/h4-8,10H,1,9H2,2-3H3,(H2,15,20)(H,16,18). The average molecular weight is 293 g/mol. The van der Waals surface area contributed by atoms with Crippen LogP contribution >= 0.6 is 12.2 Å². The van der Waals surface area contributed by atoms with Gasteiger partial charge in [0.25, 0.3) is 5.91 Å². The molecule has 3 N–H and O–H groups in total. The number of nitrogens with one attached hydrogen (secondary N) is 1. The predicted molar refractivity (Wildman–Crippen MR) is 83.4 cm³/mol. The number of thiocarbonyl (C=S) groups is 1. The second kappa shape index (κ2) is 7.49. The highest BCUT2D eigenvalue weighted by Gasteiger charge is 2.11. The van der Waals surface area contributed by atoms with Gasteiger partial charge in [-0.25, -0.2) is 0 Å². The largest absolute Gasteiger partial charge is 0.491 e. The van der Waals surface area contributed by atoms with Crippen LogP contribution in [0.15, 0.2) is 36.9 Å². The van der Waals surface area contributed by atoms with E-state index in [-0.39, 0.29) is 17.1 Å². The molecule has 20 heavy (non-hydrogen) atoms. The molecule has 1 rings (SSSR count). The number of amides is 1. The van der Waals surface area contributed by atoms with Gasteiger partial charge in [-0.05, 0) is 50.3 Å². The Kier molecular flexibility index (Phi) is 5.99. The maximum Gasteiger partial charge on any atom is 0.269 e. The number of hydrogen-bond acceptors (Lipinski definition) is 3. The molecule has 1 aromatic carbocycles. The Morgan fingerprint density at radius 3 is 2.55 bits per heavy atom. The van der Waals surface area contributed by atoms with Crippen LogP contribution in [-0.4, -0.2) is 28.7 Å². The fraction of sp³-hybridized carbons (Fsp3) is 0.286. The fourth-order valence-electron chi connectivity index (χ4n) is 1.46. The topological polar surface area (TPSA) is 67.6 Å². The molecule has 0 saturated heterocycles. The first-order chi connectivity index (χ1) is 9.43. The van der Waals surface area contributed by atoms with Gasteiger partial charge in [0.2, 0.25) is 0 Å². The Hall–Kier alpha value is -2.08. The van der Waals surface area contributed by atoms with Crippen molar-refractivity contribution in [1.82, 2.24) is 10.4 Å². The van der Waals surface area contributed by atoms with Crippen molar-refractivity contribution < 1.29 is 9.53 Å². The third-order valence-electron chi connectivity index (χ3n) is 2.30. The van der Waals surface area contributed by atoms with E-state index in [1.807, 2.05) is 13.8 Å². The molecule has 0 heterocycles. The monoisotopic (exact) mass is 293 g/mol. The van der Waals surface area contributed by atoms with Crippen LogP contribution < -0.4 is 15.9 Å². The Labute approximate surface area is 124 Å².